The van der Waals surface area contributed by atoms with Crippen LogP contribution >= 0.6 is 19.8 Å². The zero-order chi connectivity index (χ0) is 7.98. The van der Waals surface area contributed by atoms with Crippen molar-refractivity contribution in [2.75, 3.05) is 5.75 Å². The third kappa shape index (κ3) is 3.83. The van der Waals surface area contributed by atoms with Gasteiger partial charge < -0.3 is 0 Å². The third-order valence-electron chi connectivity index (χ3n) is 2.21. The van der Waals surface area contributed by atoms with Crippen LogP contribution in [-0.2, 0) is 0 Å². The van der Waals surface area contributed by atoms with Gasteiger partial charge in [0.2, 0.25) is 0 Å². The van der Waals surface area contributed by atoms with E-state index in [1.807, 2.05) is 11.4 Å². The standard InChI is InChI=1S/C8H19PS/c1-4-8(5-2)7(3)6-10-9/h7-8H,4-6,9H2,1-3H3. The van der Waals surface area contributed by atoms with Crippen molar-refractivity contribution in [1.29, 1.82) is 0 Å². The smallest absolute Gasteiger partial charge is 0.000258 e. The molecule has 0 aliphatic carbocycles. The van der Waals surface area contributed by atoms with Gasteiger partial charge >= 0.3 is 0 Å². The molecule has 0 amide bonds. The largest absolute Gasteiger partial charge is 0.141 e. The molecule has 62 valence electrons. The molecule has 10 heavy (non-hydrogen) atoms. The van der Waals surface area contributed by atoms with Gasteiger partial charge in [0.1, 0.15) is 0 Å². The van der Waals surface area contributed by atoms with E-state index in [0.29, 0.717) is 0 Å². The molecule has 0 heterocycles. The second-order valence-corrected chi connectivity index (χ2v) is 4.55. The summed E-state index contributed by atoms with van der Waals surface area (Å²) >= 11 is 1.89. The van der Waals surface area contributed by atoms with Crippen LogP contribution in [0.3, 0.4) is 0 Å². The zero-order valence-electron chi connectivity index (χ0n) is 7.26. The van der Waals surface area contributed by atoms with Crippen molar-refractivity contribution in [3.63, 3.8) is 0 Å². The van der Waals surface area contributed by atoms with E-state index in [-0.39, 0.29) is 0 Å². The fourth-order valence-electron chi connectivity index (χ4n) is 1.38. The molecular weight excluding hydrogens is 159 g/mol. The zero-order valence-corrected chi connectivity index (χ0v) is 9.23. The van der Waals surface area contributed by atoms with Gasteiger partial charge in [0, 0.05) is 0 Å². The maximum absolute atomic E-state index is 2.73. The molecule has 0 N–H and O–H groups in total. The lowest BCUT2D eigenvalue weighted by Gasteiger charge is -2.19. The summed E-state index contributed by atoms with van der Waals surface area (Å²) in [6.45, 7) is 6.94. The minimum Gasteiger partial charge on any atom is -0.141 e. The van der Waals surface area contributed by atoms with Crippen LogP contribution < -0.4 is 0 Å². The number of hydrogen-bond donors (Lipinski definition) is 0. The highest BCUT2D eigenvalue weighted by Gasteiger charge is 2.11. The molecule has 0 fully saturated rings. The van der Waals surface area contributed by atoms with E-state index >= 15 is 0 Å². The van der Waals surface area contributed by atoms with Gasteiger partial charge in [-0.25, -0.2) is 0 Å². The third-order valence-corrected chi connectivity index (χ3v) is 3.51. The normalized spacial score (nSPS) is 14.1. The molecule has 0 saturated heterocycles. The van der Waals surface area contributed by atoms with Gasteiger partial charge in [-0.15, -0.1) is 11.4 Å². The van der Waals surface area contributed by atoms with E-state index in [4.69, 9.17) is 0 Å². The monoisotopic (exact) mass is 178 g/mol. The molecule has 0 aliphatic heterocycles. The Kier molecular flexibility index (Phi) is 6.99. The average Bonchev–Trinajstić information content (AvgIpc) is 1.91. The van der Waals surface area contributed by atoms with Gasteiger partial charge in [0.25, 0.3) is 0 Å². The summed E-state index contributed by atoms with van der Waals surface area (Å²) in [6.07, 6.45) is 2.67. The first-order valence-corrected chi connectivity index (χ1v) is 6.54. The van der Waals surface area contributed by atoms with Crippen molar-refractivity contribution in [2.24, 2.45) is 11.8 Å². The highest BCUT2D eigenvalue weighted by molar-refractivity contribution is 8.43. The van der Waals surface area contributed by atoms with Gasteiger partial charge in [0.15, 0.2) is 0 Å². The Morgan fingerprint density at radius 3 is 2.10 bits per heavy atom. The fraction of sp³-hybridized carbons (Fsp3) is 1.00. The van der Waals surface area contributed by atoms with Crippen LogP contribution in [0.4, 0.5) is 0 Å². The number of hydrogen-bond acceptors (Lipinski definition) is 1. The first-order chi connectivity index (χ1) is 4.76. The van der Waals surface area contributed by atoms with Crippen LogP contribution in [0.2, 0.25) is 0 Å². The molecule has 2 heteroatoms. The van der Waals surface area contributed by atoms with Gasteiger partial charge in [-0.05, 0) is 17.6 Å². The second kappa shape index (κ2) is 6.49. The molecule has 2 atom stereocenters. The van der Waals surface area contributed by atoms with E-state index < -0.39 is 0 Å². The Morgan fingerprint density at radius 2 is 1.80 bits per heavy atom. The average molecular weight is 178 g/mol. The Bertz CT molecular complexity index is 71.7. The van der Waals surface area contributed by atoms with E-state index in [9.17, 15) is 0 Å². The molecule has 0 radical (unpaired) electrons. The SMILES string of the molecule is CCC(CC)C(C)CSP. The fourth-order valence-corrected chi connectivity index (χ4v) is 2.87. The molecule has 0 spiro atoms. The Labute approximate surface area is 71.5 Å². The number of rotatable bonds is 5. The predicted molar refractivity (Wildman–Crippen MR) is 55.4 cm³/mol. The first kappa shape index (κ1) is 10.8. The minimum absolute atomic E-state index is 0.887. The van der Waals surface area contributed by atoms with Crippen molar-refractivity contribution < 1.29 is 0 Å². The van der Waals surface area contributed by atoms with E-state index in [1.54, 1.807) is 0 Å². The van der Waals surface area contributed by atoms with Crippen molar-refractivity contribution in [3.8, 4) is 0 Å². The quantitative estimate of drug-likeness (QED) is 0.580. The lowest BCUT2D eigenvalue weighted by Crippen LogP contribution is -2.11. The Morgan fingerprint density at radius 1 is 1.30 bits per heavy atom. The summed E-state index contributed by atoms with van der Waals surface area (Å²) in [5.41, 5.74) is 0. The van der Waals surface area contributed by atoms with Gasteiger partial charge in [-0.2, -0.15) is 0 Å². The predicted octanol–water partition coefficient (Wildman–Crippen LogP) is 3.58. The highest BCUT2D eigenvalue weighted by atomic mass is 32.7. The van der Waals surface area contributed by atoms with E-state index in [0.717, 1.165) is 11.8 Å². The van der Waals surface area contributed by atoms with E-state index in [1.165, 1.54) is 18.6 Å². The van der Waals surface area contributed by atoms with E-state index in [2.05, 4.69) is 29.2 Å². The first-order valence-electron chi connectivity index (χ1n) is 4.07. The van der Waals surface area contributed by atoms with Crippen LogP contribution in [-0.4, -0.2) is 5.75 Å². The van der Waals surface area contributed by atoms with Crippen molar-refractivity contribution in [3.05, 3.63) is 0 Å². The molecule has 0 aromatic carbocycles. The Balaban J connectivity index is 3.53. The molecule has 2 unspecified atom stereocenters. The summed E-state index contributed by atoms with van der Waals surface area (Å²) in [4.78, 5) is 0. The molecule has 0 nitrogen and oxygen atoms in total. The maximum Gasteiger partial charge on any atom is -0.000258 e. The topological polar surface area (TPSA) is 0 Å². The molecule has 0 bridgehead atoms. The summed E-state index contributed by atoms with van der Waals surface area (Å²) in [5.74, 6) is 3.11. The lowest BCUT2D eigenvalue weighted by molar-refractivity contribution is 0.368. The minimum atomic E-state index is 0.887. The van der Waals surface area contributed by atoms with Crippen molar-refractivity contribution in [2.45, 2.75) is 33.6 Å². The van der Waals surface area contributed by atoms with Crippen LogP contribution in [0.5, 0.6) is 0 Å². The Hall–Kier alpha value is 0.780. The summed E-state index contributed by atoms with van der Waals surface area (Å²) in [6, 6.07) is 0. The summed E-state index contributed by atoms with van der Waals surface area (Å²) < 4.78 is 0. The van der Waals surface area contributed by atoms with Crippen molar-refractivity contribution in [1.82, 2.24) is 0 Å². The summed E-state index contributed by atoms with van der Waals surface area (Å²) in [7, 11) is 2.73. The van der Waals surface area contributed by atoms with Crippen LogP contribution in [0, 0.1) is 11.8 Å². The van der Waals surface area contributed by atoms with Gasteiger partial charge in [-0.1, -0.05) is 42.1 Å². The van der Waals surface area contributed by atoms with Crippen LogP contribution in [0.25, 0.3) is 0 Å². The highest BCUT2D eigenvalue weighted by Crippen LogP contribution is 2.25. The van der Waals surface area contributed by atoms with Gasteiger partial charge in [-0.3, -0.25) is 0 Å². The molecule has 0 aliphatic rings. The molecule has 0 aromatic rings. The molecule has 0 rings (SSSR count). The van der Waals surface area contributed by atoms with Crippen molar-refractivity contribution >= 4 is 19.8 Å². The van der Waals surface area contributed by atoms with Crippen LogP contribution in [0.15, 0.2) is 0 Å². The van der Waals surface area contributed by atoms with Crippen LogP contribution in [0.1, 0.15) is 33.6 Å². The maximum atomic E-state index is 2.73. The second-order valence-electron chi connectivity index (χ2n) is 2.89. The summed E-state index contributed by atoms with van der Waals surface area (Å²) in [5, 5.41) is 0. The molecule has 0 saturated carbocycles. The van der Waals surface area contributed by atoms with Gasteiger partial charge in [0.05, 0.1) is 0 Å². The molecular formula is C8H19PS. The molecule has 0 aromatic heterocycles. The lowest BCUT2D eigenvalue weighted by atomic mass is 9.91.